The average molecular weight is 307 g/mol. The van der Waals surface area contributed by atoms with E-state index in [1.165, 1.54) is 16.2 Å². The number of carboxylic acids is 1. The van der Waals surface area contributed by atoms with Gasteiger partial charge in [-0.2, -0.15) is 0 Å². The predicted octanol–water partition coefficient (Wildman–Crippen LogP) is 2.94. The lowest BCUT2D eigenvalue weighted by Crippen LogP contribution is -2.42. The van der Waals surface area contributed by atoms with Crippen molar-refractivity contribution in [1.82, 2.24) is 4.90 Å². The minimum Gasteiger partial charge on any atom is -0.479 e. The monoisotopic (exact) mass is 307 g/mol. The minimum absolute atomic E-state index is 0.188. The van der Waals surface area contributed by atoms with Crippen LogP contribution in [0.1, 0.15) is 31.0 Å². The molecule has 0 aromatic carbocycles. The van der Waals surface area contributed by atoms with Crippen molar-refractivity contribution in [1.29, 1.82) is 0 Å². The predicted molar refractivity (Wildman–Crippen MR) is 78.5 cm³/mol. The van der Waals surface area contributed by atoms with Crippen LogP contribution in [0.4, 0.5) is 0 Å². The highest BCUT2D eigenvalue weighted by Crippen LogP contribution is 2.35. The van der Waals surface area contributed by atoms with E-state index in [-0.39, 0.29) is 5.91 Å². The van der Waals surface area contributed by atoms with Crippen molar-refractivity contribution >= 4 is 34.6 Å². The van der Waals surface area contributed by atoms with Crippen LogP contribution in [0.2, 0.25) is 0 Å². The van der Waals surface area contributed by atoms with Crippen LogP contribution in [-0.4, -0.2) is 28.4 Å². The number of carbonyl (C=O) groups excluding carboxylic acids is 1. The number of hydrogen-bond donors (Lipinski definition) is 1. The average Bonchev–Trinajstić information content (AvgIpc) is 3.04. The number of nitrogens with zero attached hydrogens (tertiary/aromatic N) is 1. The number of aryl methyl sites for hydroxylation is 1. The fourth-order valence-corrected chi connectivity index (χ4v) is 4.22. The Balaban J connectivity index is 1.97. The van der Waals surface area contributed by atoms with Gasteiger partial charge in [0.15, 0.2) is 6.04 Å². The van der Waals surface area contributed by atoms with Gasteiger partial charge in [-0.05, 0) is 42.5 Å². The Labute approximate surface area is 124 Å². The number of amides is 1. The molecule has 1 N–H and O–H groups in total. The lowest BCUT2D eigenvalue weighted by Gasteiger charge is -2.32. The molecule has 0 spiro atoms. The molecule has 1 aliphatic rings. The van der Waals surface area contributed by atoms with E-state index in [0.29, 0.717) is 11.4 Å². The number of carbonyl (C=O) groups is 2. The second kappa shape index (κ2) is 5.03. The van der Waals surface area contributed by atoms with Crippen molar-refractivity contribution in [2.45, 2.75) is 19.4 Å². The van der Waals surface area contributed by atoms with Crippen LogP contribution < -0.4 is 0 Å². The van der Waals surface area contributed by atoms with E-state index in [9.17, 15) is 14.7 Å². The molecule has 0 fully saturated rings. The highest BCUT2D eigenvalue weighted by atomic mass is 32.1. The number of carboxylic acid groups (broad SMARTS) is 1. The Morgan fingerprint density at radius 2 is 2.15 bits per heavy atom. The first-order valence-corrected chi connectivity index (χ1v) is 7.94. The van der Waals surface area contributed by atoms with Crippen LogP contribution in [0.25, 0.3) is 0 Å². The lowest BCUT2D eigenvalue weighted by molar-refractivity contribution is -0.142. The van der Waals surface area contributed by atoms with E-state index < -0.39 is 12.0 Å². The van der Waals surface area contributed by atoms with Gasteiger partial charge in [0.1, 0.15) is 0 Å². The van der Waals surface area contributed by atoms with Crippen LogP contribution in [0.3, 0.4) is 0 Å². The summed E-state index contributed by atoms with van der Waals surface area (Å²) in [6.07, 6.45) is 0.729. The molecule has 104 valence electrons. The van der Waals surface area contributed by atoms with Crippen molar-refractivity contribution in [2.75, 3.05) is 6.54 Å². The van der Waals surface area contributed by atoms with Crippen molar-refractivity contribution in [2.24, 2.45) is 0 Å². The fraction of sp³-hybridized carbons (Fsp3) is 0.286. The smallest absolute Gasteiger partial charge is 0.331 e. The summed E-state index contributed by atoms with van der Waals surface area (Å²) in [4.78, 5) is 28.3. The Morgan fingerprint density at radius 1 is 1.35 bits per heavy atom. The van der Waals surface area contributed by atoms with Crippen LogP contribution in [0.15, 0.2) is 23.6 Å². The van der Waals surface area contributed by atoms with Crippen LogP contribution in [0.5, 0.6) is 0 Å². The molecule has 20 heavy (non-hydrogen) atoms. The maximum absolute atomic E-state index is 12.5. The van der Waals surface area contributed by atoms with Gasteiger partial charge < -0.3 is 10.0 Å². The standard InChI is InChI=1S/C14H13NO3S2/c1-8-2-3-11(20-8)13(16)15-6-4-10-9(5-7-19-10)12(15)14(17)18/h2-3,5,7,12H,4,6H2,1H3,(H,17,18). The maximum atomic E-state index is 12.5. The molecule has 0 saturated heterocycles. The molecule has 2 aromatic heterocycles. The van der Waals surface area contributed by atoms with E-state index in [2.05, 4.69) is 0 Å². The third-order valence-corrected chi connectivity index (χ3v) is 5.40. The van der Waals surface area contributed by atoms with Crippen LogP contribution in [-0.2, 0) is 11.2 Å². The Hall–Kier alpha value is -1.66. The Bertz CT molecular complexity index is 674. The van der Waals surface area contributed by atoms with E-state index in [1.807, 2.05) is 24.4 Å². The van der Waals surface area contributed by atoms with E-state index in [0.717, 1.165) is 21.7 Å². The molecule has 1 atom stereocenters. The maximum Gasteiger partial charge on any atom is 0.331 e. The third-order valence-electron chi connectivity index (χ3n) is 3.41. The number of fused-ring (bicyclic) bond motifs is 1. The molecular formula is C14H13NO3S2. The molecule has 4 nitrogen and oxygen atoms in total. The molecule has 2 aromatic rings. The molecule has 0 aliphatic carbocycles. The SMILES string of the molecule is Cc1ccc(C(=O)N2CCc3sccc3C2C(=O)O)s1. The highest BCUT2D eigenvalue weighted by molar-refractivity contribution is 7.14. The highest BCUT2D eigenvalue weighted by Gasteiger charge is 2.37. The first-order valence-electron chi connectivity index (χ1n) is 6.24. The van der Waals surface area contributed by atoms with Gasteiger partial charge in [0, 0.05) is 16.3 Å². The number of hydrogen-bond acceptors (Lipinski definition) is 4. The Morgan fingerprint density at radius 3 is 2.80 bits per heavy atom. The van der Waals surface area contributed by atoms with Crippen LogP contribution in [0, 0.1) is 6.92 Å². The van der Waals surface area contributed by atoms with E-state index >= 15 is 0 Å². The first-order chi connectivity index (χ1) is 9.58. The van der Waals surface area contributed by atoms with Crippen molar-refractivity contribution in [3.63, 3.8) is 0 Å². The van der Waals surface area contributed by atoms with Gasteiger partial charge in [0.2, 0.25) is 0 Å². The molecule has 3 heterocycles. The van der Waals surface area contributed by atoms with E-state index in [1.54, 1.807) is 17.4 Å². The molecule has 1 aliphatic heterocycles. The molecule has 3 rings (SSSR count). The van der Waals surface area contributed by atoms with Crippen molar-refractivity contribution in [3.8, 4) is 0 Å². The summed E-state index contributed by atoms with van der Waals surface area (Å²) in [6.45, 7) is 2.39. The molecule has 0 radical (unpaired) electrons. The van der Waals surface area contributed by atoms with Crippen molar-refractivity contribution < 1.29 is 14.7 Å². The quantitative estimate of drug-likeness (QED) is 0.928. The van der Waals surface area contributed by atoms with Gasteiger partial charge >= 0.3 is 5.97 Å². The van der Waals surface area contributed by atoms with Gasteiger partial charge in [-0.3, -0.25) is 4.79 Å². The molecule has 1 unspecified atom stereocenters. The summed E-state index contributed by atoms with van der Waals surface area (Å²) in [5, 5.41) is 11.4. The summed E-state index contributed by atoms with van der Waals surface area (Å²) in [7, 11) is 0. The molecular weight excluding hydrogens is 294 g/mol. The molecule has 0 bridgehead atoms. The summed E-state index contributed by atoms with van der Waals surface area (Å²) >= 11 is 2.97. The largest absolute Gasteiger partial charge is 0.479 e. The fourth-order valence-electron chi connectivity index (χ4n) is 2.49. The molecule has 0 saturated carbocycles. The van der Waals surface area contributed by atoms with Gasteiger partial charge in [-0.25, -0.2) is 4.79 Å². The minimum atomic E-state index is -0.967. The zero-order valence-corrected chi connectivity index (χ0v) is 12.5. The molecule has 1 amide bonds. The summed E-state index contributed by atoms with van der Waals surface area (Å²) in [6, 6.07) is 4.61. The topological polar surface area (TPSA) is 57.6 Å². The number of rotatable bonds is 2. The van der Waals surface area contributed by atoms with Gasteiger partial charge in [-0.1, -0.05) is 0 Å². The molecule has 6 heteroatoms. The van der Waals surface area contributed by atoms with Crippen molar-refractivity contribution in [3.05, 3.63) is 43.8 Å². The lowest BCUT2D eigenvalue weighted by atomic mass is 10.00. The summed E-state index contributed by atoms with van der Waals surface area (Å²) in [5.74, 6) is -1.15. The zero-order valence-electron chi connectivity index (χ0n) is 10.8. The third kappa shape index (κ3) is 2.14. The normalized spacial score (nSPS) is 17.9. The van der Waals surface area contributed by atoms with E-state index in [4.69, 9.17) is 0 Å². The zero-order chi connectivity index (χ0) is 14.3. The summed E-state index contributed by atoms with van der Waals surface area (Å²) < 4.78 is 0. The number of thiophene rings is 2. The van der Waals surface area contributed by atoms with Gasteiger partial charge in [0.05, 0.1) is 4.88 Å². The van der Waals surface area contributed by atoms with Gasteiger partial charge in [0.25, 0.3) is 5.91 Å². The first kappa shape index (κ1) is 13.3. The van der Waals surface area contributed by atoms with Gasteiger partial charge in [-0.15, -0.1) is 22.7 Å². The second-order valence-electron chi connectivity index (χ2n) is 4.70. The Kier molecular flexibility index (Phi) is 3.35. The number of aliphatic carboxylic acids is 1. The van der Waals surface area contributed by atoms with Crippen LogP contribution >= 0.6 is 22.7 Å². The second-order valence-corrected chi connectivity index (χ2v) is 6.99. The summed E-state index contributed by atoms with van der Waals surface area (Å²) in [5.41, 5.74) is 0.760.